The highest BCUT2D eigenvalue weighted by Gasteiger charge is 2.17. The highest BCUT2D eigenvalue weighted by Crippen LogP contribution is 2.35. The molecule has 8 nitrogen and oxygen atoms in total. The highest BCUT2D eigenvalue weighted by molar-refractivity contribution is 6.02. The third-order valence-electron chi connectivity index (χ3n) is 5.91. The summed E-state index contributed by atoms with van der Waals surface area (Å²) in [5.74, 6) is 0.967. The number of hydrogen-bond acceptors (Lipinski definition) is 4. The number of rotatable bonds is 6. The van der Waals surface area contributed by atoms with Crippen molar-refractivity contribution >= 4 is 28.4 Å². The summed E-state index contributed by atoms with van der Waals surface area (Å²) in [6.07, 6.45) is 1.78. The Balaban J connectivity index is 1.79. The molecule has 0 aliphatic carbocycles. The molecule has 0 aliphatic rings. The maximum Gasteiger partial charge on any atom is 0.274 e. The number of aryl methyl sites for hydroxylation is 4. The number of aromatic amines is 1. The molecule has 0 spiro atoms. The van der Waals surface area contributed by atoms with E-state index in [2.05, 4.69) is 15.6 Å². The molecule has 0 unspecified atom stereocenters. The van der Waals surface area contributed by atoms with Crippen molar-refractivity contribution in [3.8, 4) is 22.6 Å². The number of anilines is 1. The first-order valence-corrected chi connectivity index (χ1v) is 11.8. The zero-order valence-corrected chi connectivity index (χ0v) is 21.3. The molecule has 0 bridgehead atoms. The fraction of sp³-hybridized carbons (Fsp3) is 0.250. The minimum Gasteiger partial charge on any atom is -0.457 e. The SMILES string of the molecule is CCNC(=O)c1cc2c(-c3cc(C)cc(Oc4c(C)cc(NC(C)=O)cc4C)c3)cn(C)c(=O)c2[nH]1. The van der Waals surface area contributed by atoms with E-state index in [1.54, 1.807) is 19.3 Å². The van der Waals surface area contributed by atoms with Crippen LogP contribution in [0.15, 0.2) is 47.4 Å². The zero-order valence-electron chi connectivity index (χ0n) is 21.3. The van der Waals surface area contributed by atoms with E-state index < -0.39 is 0 Å². The number of nitrogens with one attached hydrogen (secondary N) is 3. The van der Waals surface area contributed by atoms with Gasteiger partial charge in [0.05, 0.1) is 0 Å². The number of carbonyl (C=O) groups excluding carboxylic acids is 2. The van der Waals surface area contributed by atoms with Crippen molar-refractivity contribution in [3.63, 3.8) is 0 Å². The molecule has 0 saturated heterocycles. The number of H-pyrrole nitrogens is 1. The lowest BCUT2D eigenvalue weighted by molar-refractivity contribution is -0.114. The molecule has 0 fully saturated rings. The first-order valence-electron chi connectivity index (χ1n) is 11.8. The van der Waals surface area contributed by atoms with Gasteiger partial charge in [-0.25, -0.2) is 0 Å². The van der Waals surface area contributed by atoms with Crippen LogP contribution in [0.4, 0.5) is 5.69 Å². The molecule has 4 rings (SSSR count). The molecule has 0 atom stereocenters. The van der Waals surface area contributed by atoms with Crippen molar-refractivity contribution in [1.29, 1.82) is 0 Å². The number of ether oxygens (including phenoxy) is 1. The van der Waals surface area contributed by atoms with E-state index in [1.165, 1.54) is 11.5 Å². The summed E-state index contributed by atoms with van der Waals surface area (Å²) in [6, 6.07) is 11.4. The van der Waals surface area contributed by atoms with Crippen LogP contribution in [-0.4, -0.2) is 27.9 Å². The molecule has 4 aromatic rings. The predicted octanol–water partition coefficient (Wildman–Crippen LogP) is 4.96. The van der Waals surface area contributed by atoms with Crippen molar-refractivity contribution in [2.24, 2.45) is 7.05 Å². The van der Waals surface area contributed by atoms with Gasteiger partial charge in [0.15, 0.2) is 0 Å². The molecule has 2 heterocycles. The number of fused-ring (bicyclic) bond motifs is 1. The number of amides is 2. The fourth-order valence-electron chi connectivity index (χ4n) is 4.41. The van der Waals surface area contributed by atoms with Gasteiger partial charge in [-0.15, -0.1) is 0 Å². The monoisotopic (exact) mass is 486 g/mol. The third-order valence-corrected chi connectivity index (χ3v) is 5.91. The second kappa shape index (κ2) is 9.73. The fourth-order valence-corrected chi connectivity index (χ4v) is 4.41. The van der Waals surface area contributed by atoms with Crippen LogP contribution in [0.5, 0.6) is 11.5 Å². The Bertz CT molecular complexity index is 1540. The van der Waals surface area contributed by atoms with Crippen LogP contribution in [-0.2, 0) is 11.8 Å². The first kappa shape index (κ1) is 24.8. The van der Waals surface area contributed by atoms with Crippen LogP contribution in [0.1, 0.15) is 41.0 Å². The van der Waals surface area contributed by atoms with Crippen molar-refractivity contribution in [3.05, 3.63) is 75.3 Å². The number of hydrogen-bond donors (Lipinski definition) is 3. The van der Waals surface area contributed by atoms with E-state index in [4.69, 9.17) is 4.74 Å². The Morgan fingerprint density at radius 3 is 2.36 bits per heavy atom. The largest absolute Gasteiger partial charge is 0.457 e. The second-order valence-electron chi connectivity index (χ2n) is 9.05. The number of pyridine rings is 1. The van der Waals surface area contributed by atoms with Gasteiger partial charge in [-0.05, 0) is 80.3 Å². The van der Waals surface area contributed by atoms with Crippen LogP contribution in [0.3, 0.4) is 0 Å². The number of nitrogens with zero attached hydrogens (tertiary/aromatic N) is 1. The molecule has 2 amide bonds. The molecule has 8 heteroatoms. The van der Waals surface area contributed by atoms with Crippen molar-refractivity contribution in [2.45, 2.75) is 34.6 Å². The maximum absolute atomic E-state index is 12.8. The predicted molar refractivity (Wildman–Crippen MR) is 142 cm³/mol. The normalized spacial score (nSPS) is 10.9. The third kappa shape index (κ3) is 4.88. The van der Waals surface area contributed by atoms with Gasteiger partial charge in [0.1, 0.15) is 22.7 Å². The van der Waals surface area contributed by atoms with Gasteiger partial charge in [0.25, 0.3) is 11.5 Å². The lowest BCUT2D eigenvalue weighted by Crippen LogP contribution is -2.23. The molecular formula is C28H30N4O4. The number of benzene rings is 2. The van der Waals surface area contributed by atoms with Gasteiger partial charge in [0, 0.05) is 43.4 Å². The van der Waals surface area contributed by atoms with Gasteiger partial charge < -0.3 is 24.9 Å². The number of aromatic nitrogens is 2. The van der Waals surface area contributed by atoms with Gasteiger partial charge in [-0.1, -0.05) is 6.07 Å². The van der Waals surface area contributed by atoms with Crippen molar-refractivity contribution < 1.29 is 14.3 Å². The Morgan fingerprint density at radius 1 is 1.03 bits per heavy atom. The van der Waals surface area contributed by atoms with Crippen LogP contribution in [0, 0.1) is 20.8 Å². The summed E-state index contributed by atoms with van der Waals surface area (Å²) in [5.41, 5.74) is 5.66. The molecular weight excluding hydrogens is 456 g/mol. The van der Waals surface area contributed by atoms with E-state index in [9.17, 15) is 14.4 Å². The minimum atomic E-state index is -0.261. The highest BCUT2D eigenvalue weighted by atomic mass is 16.5. The topological polar surface area (TPSA) is 105 Å². The average Bonchev–Trinajstić information content (AvgIpc) is 3.24. The van der Waals surface area contributed by atoms with Crippen molar-refractivity contribution in [1.82, 2.24) is 14.9 Å². The summed E-state index contributed by atoms with van der Waals surface area (Å²) >= 11 is 0. The second-order valence-corrected chi connectivity index (χ2v) is 9.05. The Hall–Kier alpha value is -4.33. The summed E-state index contributed by atoms with van der Waals surface area (Å²) in [7, 11) is 1.69. The average molecular weight is 487 g/mol. The molecule has 3 N–H and O–H groups in total. The lowest BCUT2D eigenvalue weighted by Gasteiger charge is -2.16. The summed E-state index contributed by atoms with van der Waals surface area (Å²) in [6.45, 7) is 9.65. The van der Waals surface area contributed by atoms with Crippen LogP contribution in [0.2, 0.25) is 0 Å². The van der Waals surface area contributed by atoms with Gasteiger partial charge in [-0.2, -0.15) is 0 Å². The van der Waals surface area contributed by atoms with E-state index in [1.807, 2.05) is 58.0 Å². The Labute approximate surface area is 209 Å². The summed E-state index contributed by atoms with van der Waals surface area (Å²) in [5, 5.41) is 6.24. The van der Waals surface area contributed by atoms with Crippen LogP contribution >= 0.6 is 0 Å². The molecule has 0 aliphatic heterocycles. The quantitative estimate of drug-likeness (QED) is 0.358. The molecule has 0 radical (unpaired) electrons. The smallest absolute Gasteiger partial charge is 0.274 e. The molecule has 2 aromatic heterocycles. The van der Waals surface area contributed by atoms with Gasteiger partial charge in [-0.3, -0.25) is 14.4 Å². The van der Waals surface area contributed by atoms with E-state index in [0.29, 0.717) is 34.6 Å². The van der Waals surface area contributed by atoms with E-state index >= 15 is 0 Å². The minimum absolute atomic E-state index is 0.130. The van der Waals surface area contributed by atoms with E-state index in [0.717, 1.165) is 33.5 Å². The van der Waals surface area contributed by atoms with Crippen LogP contribution in [0.25, 0.3) is 22.0 Å². The summed E-state index contributed by atoms with van der Waals surface area (Å²) in [4.78, 5) is 39.7. The summed E-state index contributed by atoms with van der Waals surface area (Å²) < 4.78 is 7.84. The maximum atomic E-state index is 12.8. The number of carbonyl (C=O) groups is 2. The van der Waals surface area contributed by atoms with Gasteiger partial charge in [0.2, 0.25) is 5.91 Å². The van der Waals surface area contributed by atoms with E-state index in [-0.39, 0.29) is 17.4 Å². The molecule has 186 valence electrons. The van der Waals surface area contributed by atoms with Crippen molar-refractivity contribution in [2.75, 3.05) is 11.9 Å². The lowest BCUT2D eigenvalue weighted by atomic mass is 10.0. The Morgan fingerprint density at radius 2 is 1.72 bits per heavy atom. The molecule has 2 aromatic carbocycles. The molecule has 0 saturated carbocycles. The first-order chi connectivity index (χ1) is 17.1. The molecule has 36 heavy (non-hydrogen) atoms. The van der Waals surface area contributed by atoms with Gasteiger partial charge >= 0.3 is 0 Å². The standard InChI is InChI=1S/C28H30N4O4/c1-7-29-27(34)24-13-22-23(14-32(6)28(35)25(22)31-24)19-8-15(2)9-21(12-19)36-26-16(3)10-20(11-17(26)4)30-18(5)33/h8-14,31H,7H2,1-6H3,(H,29,34)(H,30,33). The van der Waals surface area contributed by atoms with Crippen LogP contribution < -0.4 is 20.9 Å². The Kier molecular flexibility index (Phi) is 6.70. The zero-order chi connectivity index (χ0) is 26.1.